The van der Waals surface area contributed by atoms with Crippen molar-refractivity contribution in [3.05, 3.63) is 22.7 Å². The largest absolute Gasteiger partial charge is 0.495 e. The van der Waals surface area contributed by atoms with E-state index in [9.17, 15) is 4.79 Å². The average Bonchev–Trinajstić information content (AvgIpc) is 2.39. The maximum atomic E-state index is 12.1. The number of amides is 1. The summed E-state index contributed by atoms with van der Waals surface area (Å²) in [5.41, 5.74) is 6.00. The third kappa shape index (κ3) is 3.85. The highest BCUT2D eigenvalue weighted by atomic mass is 79.9. The lowest BCUT2D eigenvalue weighted by atomic mass is 10.0. The molecule has 19 heavy (non-hydrogen) atoms. The van der Waals surface area contributed by atoms with Gasteiger partial charge in [-0.2, -0.15) is 0 Å². The molecule has 0 aliphatic rings. The molecule has 6 nitrogen and oxygen atoms in total. The molecule has 1 unspecified atom stereocenters. The first-order valence-corrected chi connectivity index (χ1v) is 6.44. The minimum Gasteiger partial charge on any atom is -0.495 e. The molecule has 1 amide bonds. The highest BCUT2D eigenvalue weighted by Crippen LogP contribution is 2.28. The molecule has 0 saturated heterocycles. The second kappa shape index (κ2) is 6.98. The Balaban J connectivity index is 2.95. The van der Waals surface area contributed by atoms with Gasteiger partial charge in [-0.25, -0.2) is 0 Å². The summed E-state index contributed by atoms with van der Waals surface area (Å²) < 4.78 is 5.96. The molecule has 0 radical (unpaired) electrons. The Labute approximate surface area is 119 Å². The molecule has 7 heteroatoms. The summed E-state index contributed by atoms with van der Waals surface area (Å²) in [5.74, 6) is -0.622. The van der Waals surface area contributed by atoms with Gasteiger partial charge in [-0.05, 0) is 24.6 Å². The van der Waals surface area contributed by atoms with Crippen LogP contribution in [0.4, 0.5) is 5.69 Å². The number of methoxy groups -OCH3 is 1. The molecule has 1 rings (SSSR count). The summed E-state index contributed by atoms with van der Waals surface area (Å²) in [6.45, 7) is 1.78. The van der Waals surface area contributed by atoms with Crippen LogP contribution in [0.1, 0.15) is 13.3 Å². The van der Waals surface area contributed by atoms with E-state index in [-0.39, 0.29) is 11.7 Å². The van der Waals surface area contributed by atoms with Crippen molar-refractivity contribution < 1.29 is 14.7 Å². The number of carbonyl (C=O) groups is 1. The number of carbonyl (C=O) groups excluding carboxylic acids is 1. The number of oxime groups is 1. The van der Waals surface area contributed by atoms with Crippen LogP contribution in [0.25, 0.3) is 0 Å². The summed E-state index contributed by atoms with van der Waals surface area (Å²) >= 11 is 3.32. The van der Waals surface area contributed by atoms with Gasteiger partial charge in [0.25, 0.3) is 0 Å². The van der Waals surface area contributed by atoms with Gasteiger partial charge in [0.2, 0.25) is 5.91 Å². The number of hydrogen-bond donors (Lipinski definition) is 3. The summed E-state index contributed by atoms with van der Waals surface area (Å²) in [4.78, 5) is 12.1. The SMILES string of the molecule is CCC(C(=O)Nc1cc(Br)ccc1OC)C(N)=NO. The average molecular weight is 330 g/mol. The van der Waals surface area contributed by atoms with E-state index in [1.54, 1.807) is 25.1 Å². The summed E-state index contributed by atoms with van der Waals surface area (Å²) in [5, 5.41) is 14.2. The first-order chi connectivity index (χ1) is 9.03. The van der Waals surface area contributed by atoms with E-state index in [0.717, 1.165) is 4.47 Å². The maximum absolute atomic E-state index is 12.1. The van der Waals surface area contributed by atoms with Crippen LogP contribution in [0, 0.1) is 5.92 Å². The standard InChI is InChI=1S/C12H16BrN3O3/c1-3-8(11(14)16-18)12(17)15-9-6-7(13)4-5-10(9)19-2/h4-6,8,18H,3H2,1-2H3,(H2,14,16)(H,15,17). The zero-order valence-electron chi connectivity index (χ0n) is 10.7. The van der Waals surface area contributed by atoms with Crippen molar-refractivity contribution in [1.29, 1.82) is 0 Å². The number of halogens is 1. The van der Waals surface area contributed by atoms with Crippen molar-refractivity contribution in [2.75, 3.05) is 12.4 Å². The third-order valence-electron chi connectivity index (χ3n) is 2.62. The lowest BCUT2D eigenvalue weighted by Crippen LogP contribution is -2.34. The zero-order chi connectivity index (χ0) is 14.4. The van der Waals surface area contributed by atoms with Crippen molar-refractivity contribution in [3.8, 4) is 5.75 Å². The highest BCUT2D eigenvalue weighted by Gasteiger charge is 2.22. The van der Waals surface area contributed by atoms with Crippen molar-refractivity contribution in [3.63, 3.8) is 0 Å². The fourth-order valence-corrected chi connectivity index (χ4v) is 1.96. The van der Waals surface area contributed by atoms with Gasteiger partial charge >= 0.3 is 0 Å². The molecule has 104 valence electrons. The molecule has 0 heterocycles. The molecule has 0 saturated carbocycles. The summed E-state index contributed by atoms with van der Waals surface area (Å²) in [6.07, 6.45) is 0.429. The Bertz CT molecular complexity index is 491. The number of hydrogen-bond acceptors (Lipinski definition) is 4. The number of amidine groups is 1. The molecular weight excluding hydrogens is 314 g/mol. The minimum atomic E-state index is -0.686. The van der Waals surface area contributed by atoms with Gasteiger partial charge in [0.15, 0.2) is 5.84 Å². The van der Waals surface area contributed by atoms with Crippen LogP contribution >= 0.6 is 15.9 Å². The van der Waals surface area contributed by atoms with E-state index in [0.29, 0.717) is 17.9 Å². The number of anilines is 1. The van der Waals surface area contributed by atoms with E-state index >= 15 is 0 Å². The van der Waals surface area contributed by atoms with E-state index in [1.165, 1.54) is 7.11 Å². The quantitative estimate of drug-likeness (QED) is 0.334. The van der Waals surface area contributed by atoms with Crippen LogP contribution in [0.3, 0.4) is 0 Å². The number of ether oxygens (including phenoxy) is 1. The number of rotatable bonds is 5. The smallest absolute Gasteiger partial charge is 0.235 e. The Hall–Kier alpha value is -1.76. The highest BCUT2D eigenvalue weighted by molar-refractivity contribution is 9.10. The summed E-state index contributed by atoms with van der Waals surface area (Å²) in [7, 11) is 1.51. The Morgan fingerprint density at radius 3 is 2.84 bits per heavy atom. The molecule has 0 aliphatic heterocycles. The number of nitrogens with one attached hydrogen (secondary N) is 1. The number of benzene rings is 1. The minimum absolute atomic E-state index is 0.117. The zero-order valence-corrected chi connectivity index (χ0v) is 12.3. The first kappa shape index (κ1) is 15.3. The summed E-state index contributed by atoms with van der Waals surface area (Å²) in [6, 6.07) is 5.25. The maximum Gasteiger partial charge on any atom is 0.235 e. The van der Waals surface area contributed by atoms with Gasteiger partial charge in [-0.3, -0.25) is 4.79 Å². The molecule has 0 aliphatic carbocycles. The second-order valence-electron chi connectivity index (χ2n) is 3.82. The Kier molecular flexibility index (Phi) is 5.62. The fraction of sp³-hybridized carbons (Fsp3) is 0.333. The molecule has 1 aromatic carbocycles. The first-order valence-electron chi connectivity index (χ1n) is 5.65. The predicted octanol–water partition coefficient (Wildman–Crippen LogP) is 2.17. The Morgan fingerprint density at radius 2 is 2.32 bits per heavy atom. The molecule has 1 atom stereocenters. The van der Waals surface area contributed by atoms with Gasteiger partial charge in [0, 0.05) is 4.47 Å². The fourth-order valence-electron chi connectivity index (χ4n) is 1.60. The van der Waals surface area contributed by atoms with Gasteiger partial charge in [0.1, 0.15) is 5.75 Å². The van der Waals surface area contributed by atoms with Gasteiger partial charge in [-0.1, -0.05) is 28.0 Å². The van der Waals surface area contributed by atoms with Crippen LogP contribution in [0.2, 0.25) is 0 Å². The molecular formula is C12H16BrN3O3. The van der Waals surface area contributed by atoms with Crippen LogP contribution in [0.15, 0.2) is 27.8 Å². The van der Waals surface area contributed by atoms with Crippen molar-refractivity contribution in [2.45, 2.75) is 13.3 Å². The van der Waals surface area contributed by atoms with Crippen molar-refractivity contribution >= 4 is 33.4 Å². The number of nitrogens with zero attached hydrogens (tertiary/aromatic N) is 1. The van der Waals surface area contributed by atoms with Crippen molar-refractivity contribution in [2.24, 2.45) is 16.8 Å². The third-order valence-corrected chi connectivity index (χ3v) is 3.11. The number of nitrogens with two attached hydrogens (primary N) is 1. The van der Waals surface area contributed by atoms with Crippen LogP contribution in [-0.4, -0.2) is 24.1 Å². The predicted molar refractivity (Wildman–Crippen MR) is 76.5 cm³/mol. The molecule has 0 bridgehead atoms. The molecule has 4 N–H and O–H groups in total. The lowest BCUT2D eigenvalue weighted by molar-refractivity contribution is -0.118. The molecule has 0 spiro atoms. The molecule has 1 aromatic rings. The topological polar surface area (TPSA) is 96.9 Å². The molecule has 0 fully saturated rings. The van der Waals surface area contributed by atoms with E-state index in [1.807, 2.05) is 0 Å². The normalized spacial score (nSPS) is 12.9. The van der Waals surface area contributed by atoms with Gasteiger partial charge < -0.3 is 21.0 Å². The van der Waals surface area contributed by atoms with E-state index in [4.69, 9.17) is 15.7 Å². The second-order valence-corrected chi connectivity index (χ2v) is 4.74. The molecule has 0 aromatic heterocycles. The monoisotopic (exact) mass is 329 g/mol. The van der Waals surface area contributed by atoms with Gasteiger partial charge in [0.05, 0.1) is 18.7 Å². The lowest BCUT2D eigenvalue weighted by Gasteiger charge is -2.15. The van der Waals surface area contributed by atoms with Crippen LogP contribution in [0.5, 0.6) is 5.75 Å². The Morgan fingerprint density at radius 1 is 1.63 bits per heavy atom. The van der Waals surface area contributed by atoms with E-state index in [2.05, 4.69) is 26.4 Å². The van der Waals surface area contributed by atoms with Crippen LogP contribution < -0.4 is 15.8 Å². The van der Waals surface area contributed by atoms with Gasteiger partial charge in [-0.15, -0.1) is 0 Å². The van der Waals surface area contributed by atoms with Crippen LogP contribution in [-0.2, 0) is 4.79 Å². The van der Waals surface area contributed by atoms with E-state index < -0.39 is 5.92 Å². The van der Waals surface area contributed by atoms with Crippen molar-refractivity contribution in [1.82, 2.24) is 0 Å².